The van der Waals surface area contributed by atoms with Gasteiger partial charge in [-0.05, 0) is 24.6 Å². The van der Waals surface area contributed by atoms with Crippen LogP contribution in [0.5, 0.6) is 0 Å². The zero-order chi connectivity index (χ0) is 12.6. The third-order valence-electron chi connectivity index (χ3n) is 2.56. The van der Waals surface area contributed by atoms with Crippen molar-refractivity contribution >= 4 is 0 Å². The van der Waals surface area contributed by atoms with Crippen LogP contribution in [0.3, 0.4) is 0 Å². The van der Waals surface area contributed by atoms with E-state index in [-0.39, 0.29) is 11.2 Å². The fourth-order valence-electron chi connectivity index (χ4n) is 1.52. The van der Waals surface area contributed by atoms with Gasteiger partial charge in [-0.25, -0.2) is 9.37 Å². The lowest BCUT2D eigenvalue weighted by molar-refractivity contribution is 0.548. The minimum Gasteiger partial charge on any atom is -0.262 e. The highest BCUT2D eigenvalue weighted by Gasteiger charge is 2.20. The Kier molecular flexibility index (Phi) is 2.73. The molecule has 0 aliphatic carbocycles. The number of rotatable bonds is 1. The van der Waals surface area contributed by atoms with Gasteiger partial charge in [0.05, 0.1) is 5.56 Å². The van der Waals surface area contributed by atoms with Gasteiger partial charge in [0.15, 0.2) is 5.82 Å². The van der Waals surface area contributed by atoms with E-state index in [2.05, 4.69) is 15.2 Å². The topological polar surface area (TPSA) is 41.6 Å². The molecule has 0 radical (unpaired) electrons. The first-order valence-electron chi connectivity index (χ1n) is 5.57. The first-order chi connectivity index (χ1) is 7.88. The Morgan fingerprint density at radius 1 is 1.24 bits per heavy atom. The van der Waals surface area contributed by atoms with Crippen molar-refractivity contribution in [3.63, 3.8) is 0 Å². The molecule has 0 aliphatic heterocycles. The molecule has 0 unspecified atom stereocenters. The molecular weight excluding hydrogens is 217 g/mol. The number of nitrogens with one attached hydrogen (secondary N) is 1. The van der Waals surface area contributed by atoms with Crippen molar-refractivity contribution in [1.29, 1.82) is 0 Å². The first-order valence-corrected chi connectivity index (χ1v) is 5.57. The minimum atomic E-state index is -0.288. The van der Waals surface area contributed by atoms with Crippen LogP contribution in [-0.4, -0.2) is 15.2 Å². The van der Waals surface area contributed by atoms with Crippen LogP contribution in [0, 0.1) is 12.7 Å². The van der Waals surface area contributed by atoms with Gasteiger partial charge in [0, 0.05) is 5.41 Å². The summed E-state index contributed by atoms with van der Waals surface area (Å²) >= 11 is 0. The van der Waals surface area contributed by atoms with Crippen molar-refractivity contribution in [2.24, 2.45) is 0 Å². The molecule has 4 heteroatoms. The number of halogens is 1. The number of hydrogen-bond acceptors (Lipinski definition) is 2. The van der Waals surface area contributed by atoms with Crippen LogP contribution in [0.4, 0.5) is 4.39 Å². The van der Waals surface area contributed by atoms with Gasteiger partial charge >= 0.3 is 0 Å². The molecular formula is C13H16FN3. The molecule has 0 aliphatic rings. The quantitative estimate of drug-likeness (QED) is 0.821. The summed E-state index contributed by atoms with van der Waals surface area (Å²) in [6, 6.07) is 5.05. The maximum absolute atomic E-state index is 13.7. The van der Waals surface area contributed by atoms with E-state index in [1.54, 1.807) is 6.07 Å². The van der Waals surface area contributed by atoms with Gasteiger partial charge in [0.1, 0.15) is 11.6 Å². The van der Waals surface area contributed by atoms with Crippen molar-refractivity contribution in [1.82, 2.24) is 15.2 Å². The number of nitrogens with zero attached hydrogens (tertiary/aromatic N) is 2. The maximum Gasteiger partial charge on any atom is 0.184 e. The first kappa shape index (κ1) is 11.8. The zero-order valence-electron chi connectivity index (χ0n) is 10.5. The molecule has 1 heterocycles. The molecule has 3 nitrogen and oxygen atoms in total. The lowest BCUT2D eigenvalue weighted by Gasteiger charge is -2.12. The van der Waals surface area contributed by atoms with Crippen LogP contribution >= 0.6 is 0 Å². The molecule has 90 valence electrons. The Hall–Kier alpha value is -1.71. The van der Waals surface area contributed by atoms with E-state index in [0.717, 1.165) is 11.4 Å². The van der Waals surface area contributed by atoms with Gasteiger partial charge in [-0.15, -0.1) is 0 Å². The molecule has 0 bridgehead atoms. The van der Waals surface area contributed by atoms with E-state index < -0.39 is 0 Å². The summed E-state index contributed by atoms with van der Waals surface area (Å²) in [5.41, 5.74) is 1.20. The van der Waals surface area contributed by atoms with E-state index >= 15 is 0 Å². The second-order valence-electron chi connectivity index (χ2n) is 5.24. The Morgan fingerprint density at radius 2 is 1.94 bits per heavy atom. The van der Waals surface area contributed by atoms with Gasteiger partial charge in [0.2, 0.25) is 0 Å². The molecule has 0 fully saturated rings. The standard InChI is InChI=1S/C13H16FN3/c1-8-5-6-9(10(14)7-8)11-15-12(17-16-11)13(2,3)4/h5-7H,1-4H3,(H,15,16,17). The molecule has 0 saturated heterocycles. The highest BCUT2D eigenvalue weighted by Crippen LogP contribution is 2.23. The van der Waals surface area contributed by atoms with Crippen LogP contribution in [0.15, 0.2) is 18.2 Å². The number of hydrogen-bond donors (Lipinski definition) is 1. The molecule has 17 heavy (non-hydrogen) atoms. The monoisotopic (exact) mass is 233 g/mol. The summed E-state index contributed by atoms with van der Waals surface area (Å²) in [7, 11) is 0. The number of aromatic nitrogens is 3. The highest BCUT2D eigenvalue weighted by atomic mass is 19.1. The van der Waals surface area contributed by atoms with Crippen LogP contribution in [0.25, 0.3) is 11.4 Å². The molecule has 0 saturated carbocycles. The largest absolute Gasteiger partial charge is 0.262 e. The van der Waals surface area contributed by atoms with Gasteiger partial charge in [0.25, 0.3) is 0 Å². The van der Waals surface area contributed by atoms with Crippen LogP contribution in [0.1, 0.15) is 32.2 Å². The molecule has 2 rings (SSSR count). The van der Waals surface area contributed by atoms with Gasteiger partial charge in [-0.2, -0.15) is 5.10 Å². The Balaban J connectivity index is 2.44. The van der Waals surface area contributed by atoms with Crippen LogP contribution in [0.2, 0.25) is 0 Å². The van der Waals surface area contributed by atoms with E-state index in [1.807, 2.05) is 33.8 Å². The van der Waals surface area contributed by atoms with Crippen LogP contribution < -0.4 is 0 Å². The third kappa shape index (κ3) is 2.35. The summed E-state index contributed by atoms with van der Waals surface area (Å²) in [6.45, 7) is 7.94. The van der Waals surface area contributed by atoms with Gasteiger partial charge in [-0.3, -0.25) is 5.10 Å². The van der Waals surface area contributed by atoms with Crippen molar-refractivity contribution in [3.05, 3.63) is 35.4 Å². The molecule has 0 atom stereocenters. The number of H-pyrrole nitrogens is 1. The lowest BCUT2D eigenvalue weighted by atomic mass is 9.96. The fourth-order valence-corrected chi connectivity index (χ4v) is 1.52. The molecule has 1 N–H and O–H groups in total. The van der Waals surface area contributed by atoms with E-state index in [9.17, 15) is 4.39 Å². The molecule has 1 aromatic carbocycles. The Morgan fingerprint density at radius 3 is 2.47 bits per heavy atom. The predicted molar refractivity (Wildman–Crippen MR) is 65.2 cm³/mol. The predicted octanol–water partition coefficient (Wildman–Crippen LogP) is 3.22. The molecule has 2 aromatic rings. The van der Waals surface area contributed by atoms with Crippen molar-refractivity contribution in [2.75, 3.05) is 0 Å². The van der Waals surface area contributed by atoms with Crippen molar-refractivity contribution < 1.29 is 4.39 Å². The third-order valence-corrected chi connectivity index (χ3v) is 2.56. The Bertz CT molecular complexity index is 538. The molecule has 1 aromatic heterocycles. The normalized spacial score (nSPS) is 11.8. The van der Waals surface area contributed by atoms with E-state index in [4.69, 9.17) is 0 Å². The SMILES string of the molecule is Cc1ccc(-c2n[nH]c(C(C)(C)C)n2)c(F)c1. The smallest absolute Gasteiger partial charge is 0.184 e. The van der Waals surface area contributed by atoms with Gasteiger partial charge < -0.3 is 0 Å². The van der Waals surface area contributed by atoms with Crippen molar-refractivity contribution in [2.45, 2.75) is 33.1 Å². The maximum atomic E-state index is 13.7. The minimum absolute atomic E-state index is 0.119. The highest BCUT2D eigenvalue weighted by molar-refractivity contribution is 5.56. The van der Waals surface area contributed by atoms with E-state index in [1.165, 1.54) is 6.07 Å². The summed E-state index contributed by atoms with van der Waals surface area (Å²) in [5, 5.41) is 6.93. The summed E-state index contributed by atoms with van der Waals surface area (Å²) in [4.78, 5) is 4.34. The lowest BCUT2D eigenvalue weighted by Crippen LogP contribution is -2.13. The molecule has 0 amide bonds. The Labute approximate surface area is 100 Å². The van der Waals surface area contributed by atoms with E-state index in [0.29, 0.717) is 11.4 Å². The average molecular weight is 233 g/mol. The second-order valence-corrected chi connectivity index (χ2v) is 5.24. The average Bonchev–Trinajstić information content (AvgIpc) is 2.65. The zero-order valence-corrected chi connectivity index (χ0v) is 10.5. The number of benzene rings is 1. The fraction of sp³-hybridized carbons (Fsp3) is 0.385. The van der Waals surface area contributed by atoms with Gasteiger partial charge in [-0.1, -0.05) is 26.8 Å². The summed E-state index contributed by atoms with van der Waals surface area (Å²) in [6.07, 6.45) is 0. The van der Waals surface area contributed by atoms with Crippen molar-refractivity contribution in [3.8, 4) is 11.4 Å². The number of aryl methyl sites for hydroxylation is 1. The van der Waals surface area contributed by atoms with Crippen LogP contribution in [-0.2, 0) is 5.41 Å². The molecule has 0 spiro atoms. The summed E-state index contributed by atoms with van der Waals surface area (Å²) < 4.78 is 13.7. The number of aromatic amines is 1. The second kappa shape index (κ2) is 3.95. The summed E-state index contributed by atoms with van der Waals surface area (Å²) in [5.74, 6) is 0.879.